The number of rotatable bonds is 4. The molecule has 0 aromatic carbocycles. The second kappa shape index (κ2) is 5.53. The van der Waals surface area contributed by atoms with E-state index in [1.54, 1.807) is 13.8 Å². The quantitative estimate of drug-likeness (QED) is 0.687. The Morgan fingerprint density at radius 3 is 2.50 bits per heavy atom. The molecule has 6 heteroatoms. The molecule has 1 heterocycles. The smallest absolute Gasteiger partial charge is 0.338 e. The van der Waals surface area contributed by atoms with Gasteiger partial charge in [0.25, 0.3) is 0 Å². The van der Waals surface area contributed by atoms with Crippen LogP contribution in [0.3, 0.4) is 0 Å². The molecule has 0 saturated carbocycles. The zero-order valence-corrected chi connectivity index (χ0v) is 9.12. The molecule has 88 valence electrons. The molecule has 0 aliphatic carbocycles. The van der Waals surface area contributed by atoms with Crippen LogP contribution in [0.2, 0.25) is 0 Å². The summed E-state index contributed by atoms with van der Waals surface area (Å²) >= 11 is 0. The average Bonchev–Trinajstić information content (AvgIpc) is 2.28. The van der Waals surface area contributed by atoms with Crippen molar-refractivity contribution in [3.8, 4) is 0 Å². The van der Waals surface area contributed by atoms with Gasteiger partial charge in [0.15, 0.2) is 6.10 Å². The molecule has 0 radical (unpaired) electrons. The predicted octanol–water partition coefficient (Wildman–Crippen LogP) is -0.258. The minimum absolute atomic E-state index is 0.146. The van der Waals surface area contributed by atoms with E-state index in [9.17, 15) is 15.0 Å². The fourth-order valence-corrected chi connectivity index (χ4v) is 1.09. The number of aliphatic hydroxyl groups is 2. The molecule has 0 spiro atoms. The lowest BCUT2D eigenvalue weighted by molar-refractivity contribution is -0.159. The zero-order chi connectivity index (χ0) is 12.1. The Hall–Kier alpha value is -1.53. The van der Waals surface area contributed by atoms with E-state index in [2.05, 4.69) is 14.7 Å². The summed E-state index contributed by atoms with van der Waals surface area (Å²) in [5.41, 5.74) is 0.270. The summed E-state index contributed by atoms with van der Waals surface area (Å²) in [5.74, 6) is -0.322. The second-order valence-corrected chi connectivity index (χ2v) is 3.21. The van der Waals surface area contributed by atoms with Gasteiger partial charge in [0.1, 0.15) is 11.9 Å². The van der Waals surface area contributed by atoms with Gasteiger partial charge in [0, 0.05) is 18.0 Å². The van der Waals surface area contributed by atoms with E-state index in [4.69, 9.17) is 0 Å². The third-order valence-electron chi connectivity index (χ3n) is 1.97. The number of aromatic nitrogens is 2. The Labute approximate surface area is 92.9 Å². The van der Waals surface area contributed by atoms with Crippen LogP contribution >= 0.6 is 0 Å². The second-order valence-electron chi connectivity index (χ2n) is 3.21. The fraction of sp³-hybridized carbons (Fsp3) is 0.500. The molecule has 1 aromatic heterocycles. The van der Waals surface area contributed by atoms with Crippen molar-refractivity contribution < 1.29 is 19.7 Å². The lowest BCUT2D eigenvalue weighted by Crippen LogP contribution is -2.30. The number of aryl methyl sites for hydroxylation is 1. The molecule has 0 aliphatic heterocycles. The zero-order valence-electron chi connectivity index (χ0n) is 9.12. The normalized spacial score (nSPS) is 14.2. The maximum Gasteiger partial charge on any atom is 0.338 e. The van der Waals surface area contributed by atoms with Crippen molar-refractivity contribution in [3.63, 3.8) is 0 Å². The summed E-state index contributed by atoms with van der Waals surface area (Å²) in [6.45, 7) is 3.46. The van der Waals surface area contributed by atoms with Crippen molar-refractivity contribution in [2.75, 3.05) is 6.61 Å². The number of carbonyl (C=O) groups is 1. The van der Waals surface area contributed by atoms with Crippen molar-refractivity contribution >= 4 is 5.97 Å². The number of esters is 1. The Balaban J connectivity index is 2.73. The number of aliphatic hydroxyl groups excluding tert-OH is 2. The van der Waals surface area contributed by atoms with Gasteiger partial charge in [-0.3, -0.25) is 0 Å². The van der Waals surface area contributed by atoms with Crippen molar-refractivity contribution in [1.82, 2.24) is 9.97 Å². The van der Waals surface area contributed by atoms with E-state index in [0.29, 0.717) is 5.82 Å². The van der Waals surface area contributed by atoms with Crippen molar-refractivity contribution in [1.29, 1.82) is 0 Å². The Bertz CT molecular complexity index is 352. The van der Waals surface area contributed by atoms with E-state index < -0.39 is 18.2 Å². The largest absolute Gasteiger partial charge is 0.464 e. The van der Waals surface area contributed by atoms with Crippen LogP contribution in [0.25, 0.3) is 0 Å². The lowest BCUT2D eigenvalue weighted by atomic mass is 10.1. The van der Waals surface area contributed by atoms with E-state index in [1.807, 2.05) is 0 Å². The first-order chi connectivity index (χ1) is 7.56. The molecule has 2 atom stereocenters. The van der Waals surface area contributed by atoms with Crippen molar-refractivity contribution in [3.05, 3.63) is 23.8 Å². The van der Waals surface area contributed by atoms with Gasteiger partial charge in [-0.25, -0.2) is 14.8 Å². The number of hydrogen-bond donors (Lipinski definition) is 2. The lowest BCUT2D eigenvalue weighted by Gasteiger charge is -2.15. The Kier molecular flexibility index (Phi) is 4.33. The standard InChI is InChI=1S/C10H14N2O4/c1-3-16-10(15)9(14)8(13)7-4-11-6(2)12-5-7/h4-5,8-9,13-14H,3H2,1-2H3. The van der Waals surface area contributed by atoms with Gasteiger partial charge in [-0.05, 0) is 13.8 Å². The first-order valence-corrected chi connectivity index (χ1v) is 4.87. The minimum Gasteiger partial charge on any atom is -0.464 e. The third-order valence-corrected chi connectivity index (χ3v) is 1.97. The van der Waals surface area contributed by atoms with Gasteiger partial charge in [-0.2, -0.15) is 0 Å². The molecule has 2 unspecified atom stereocenters. The van der Waals surface area contributed by atoms with Gasteiger partial charge in [-0.1, -0.05) is 0 Å². The van der Waals surface area contributed by atoms with Gasteiger partial charge < -0.3 is 14.9 Å². The van der Waals surface area contributed by atoms with E-state index in [0.717, 1.165) is 0 Å². The van der Waals surface area contributed by atoms with Crippen LogP contribution in [0.5, 0.6) is 0 Å². The third kappa shape index (κ3) is 2.98. The van der Waals surface area contributed by atoms with Crippen LogP contribution in [0, 0.1) is 6.92 Å². The Morgan fingerprint density at radius 1 is 1.44 bits per heavy atom. The molecule has 0 amide bonds. The highest BCUT2D eigenvalue weighted by molar-refractivity contribution is 5.75. The molecule has 0 aliphatic rings. The van der Waals surface area contributed by atoms with Gasteiger partial charge in [-0.15, -0.1) is 0 Å². The van der Waals surface area contributed by atoms with Crippen molar-refractivity contribution in [2.24, 2.45) is 0 Å². The molecule has 0 fully saturated rings. The summed E-state index contributed by atoms with van der Waals surface area (Å²) < 4.78 is 4.58. The predicted molar refractivity (Wildman–Crippen MR) is 54.4 cm³/mol. The van der Waals surface area contributed by atoms with Crippen LogP contribution in [0.15, 0.2) is 12.4 Å². The molecule has 16 heavy (non-hydrogen) atoms. The monoisotopic (exact) mass is 226 g/mol. The van der Waals surface area contributed by atoms with E-state index >= 15 is 0 Å². The van der Waals surface area contributed by atoms with Crippen LogP contribution in [0.1, 0.15) is 24.4 Å². The maximum atomic E-state index is 11.2. The topological polar surface area (TPSA) is 92.5 Å². The average molecular weight is 226 g/mol. The summed E-state index contributed by atoms with van der Waals surface area (Å²) in [7, 11) is 0. The molecular formula is C10H14N2O4. The van der Waals surface area contributed by atoms with E-state index in [-0.39, 0.29) is 12.2 Å². The summed E-state index contributed by atoms with van der Waals surface area (Å²) in [4.78, 5) is 18.9. The van der Waals surface area contributed by atoms with Gasteiger partial charge in [0.05, 0.1) is 6.61 Å². The van der Waals surface area contributed by atoms with Gasteiger partial charge in [0.2, 0.25) is 0 Å². The molecule has 6 nitrogen and oxygen atoms in total. The minimum atomic E-state index is -1.62. The van der Waals surface area contributed by atoms with Gasteiger partial charge >= 0.3 is 5.97 Å². The molecule has 1 rings (SSSR count). The summed E-state index contributed by atoms with van der Waals surface area (Å²) in [5, 5.41) is 19.1. The first-order valence-electron chi connectivity index (χ1n) is 4.87. The number of hydrogen-bond acceptors (Lipinski definition) is 6. The first kappa shape index (κ1) is 12.5. The maximum absolute atomic E-state index is 11.2. The highest BCUT2D eigenvalue weighted by atomic mass is 16.5. The summed E-state index contributed by atoms with van der Waals surface area (Å²) in [6.07, 6.45) is -0.281. The van der Waals surface area contributed by atoms with Crippen LogP contribution in [0.4, 0.5) is 0 Å². The van der Waals surface area contributed by atoms with Crippen LogP contribution in [-0.4, -0.2) is 38.9 Å². The van der Waals surface area contributed by atoms with Crippen LogP contribution in [-0.2, 0) is 9.53 Å². The fourth-order valence-electron chi connectivity index (χ4n) is 1.09. The number of ether oxygens (including phenoxy) is 1. The molecule has 0 saturated heterocycles. The van der Waals surface area contributed by atoms with E-state index in [1.165, 1.54) is 12.4 Å². The summed E-state index contributed by atoms with van der Waals surface area (Å²) in [6, 6.07) is 0. The SMILES string of the molecule is CCOC(=O)C(O)C(O)c1cnc(C)nc1. The molecule has 2 N–H and O–H groups in total. The van der Waals surface area contributed by atoms with Crippen molar-refractivity contribution in [2.45, 2.75) is 26.1 Å². The Morgan fingerprint density at radius 2 is 2.00 bits per heavy atom. The molecule has 0 bridgehead atoms. The highest BCUT2D eigenvalue weighted by Crippen LogP contribution is 2.15. The highest BCUT2D eigenvalue weighted by Gasteiger charge is 2.27. The van der Waals surface area contributed by atoms with Crippen LogP contribution < -0.4 is 0 Å². The number of carbonyl (C=O) groups excluding carboxylic acids is 1. The number of nitrogens with zero attached hydrogens (tertiary/aromatic N) is 2. The molecule has 1 aromatic rings. The molecular weight excluding hydrogens is 212 g/mol.